The van der Waals surface area contributed by atoms with Crippen LogP contribution in [0.4, 0.5) is 5.82 Å². The third kappa shape index (κ3) is 5.22. The van der Waals surface area contributed by atoms with E-state index < -0.39 is 32.5 Å². The fourth-order valence-corrected chi connectivity index (χ4v) is 3.34. The molecule has 1 saturated heterocycles. The van der Waals surface area contributed by atoms with E-state index in [2.05, 4.69) is 25.6 Å². The van der Waals surface area contributed by atoms with Gasteiger partial charge in [-0.3, -0.25) is 9.36 Å². The highest BCUT2D eigenvalue weighted by Crippen LogP contribution is 2.29. The van der Waals surface area contributed by atoms with Gasteiger partial charge in [-0.15, -0.1) is 0 Å². The summed E-state index contributed by atoms with van der Waals surface area (Å²) in [5, 5.41) is 15.6. The van der Waals surface area contributed by atoms with Gasteiger partial charge in [0.25, 0.3) is 0 Å². The van der Waals surface area contributed by atoms with Crippen LogP contribution in [0.15, 0.2) is 29.6 Å². The summed E-state index contributed by atoms with van der Waals surface area (Å²) in [6.45, 7) is 0.727. The van der Waals surface area contributed by atoms with Gasteiger partial charge in [0.1, 0.15) is 18.1 Å². The summed E-state index contributed by atoms with van der Waals surface area (Å²) in [5.41, 5.74) is 0.156. The number of H-pyrrole nitrogens is 1. The molecule has 0 aromatic carbocycles. The average molecular weight is 411 g/mol. The number of nitrogens with zero attached hydrogens (tertiary/aromatic N) is 3. The molecule has 0 radical (unpaired) electrons. The maximum absolute atomic E-state index is 12.3. The standard InChI is InChI=1S/C16H21N6O5P/c23-11-6-15(27-12(11)8-28-26)22-4-1-13(21-16(22)25)18-2-3-19-14(24)5-10-7-17-9-20-10/h1,4,7,9,11-12,15,23H,2-3,5-6,8H2,(H,17,20)(H,19,24)(H,18,21,25)/p+1/i/hT. The molecule has 11 nitrogen and oxygen atoms in total. The monoisotopic (exact) mass is 411 g/mol. The van der Waals surface area contributed by atoms with Crippen LogP contribution >= 0.6 is 8.41 Å². The fourth-order valence-electron chi connectivity index (χ4n) is 2.86. The second kappa shape index (κ2) is 9.54. The first-order valence-corrected chi connectivity index (χ1v) is 9.76. The predicted molar refractivity (Wildman–Crippen MR) is 101 cm³/mol. The lowest BCUT2D eigenvalue weighted by molar-refractivity contribution is -0.120. The summed E-state index contributed by atoms with van der Waals surface area (Å²) < 4.78 is 25.0. The van der Waals surface area contributed by atoms with Crippen LogP contribution in [-0.4, -0.2) is 63.3 Å². The van der Waals surface area contributed by atoms with Crippen LogP contribution in [0.3, 0.4) is 0 Å². The number of hydrogen-bond acceptors (Lipinski definition) is 8. The van der Waals surface area contributed by atoms with Gasteiger partial charge in [0.05, 0.1) is 18.9 Å². The van der Waals surface area contributed by atoms with Crippen LogP contribution < -0.4 is 16.3 Å². The average Bonchev–Trinajstić information content (AvgIpc) is 3.28. The number of aromatic nitrogens is 4. The molecule has 12 heteroatoms. The molecule has 3 heterocycles. The molecule has 1 aliphatic heterocycles. The maximum atomic E-state index is 12.3. The molecule has 0 spiro atoms. The first-order chi connectivity index (χ1) is 13.9. The van der Waals surface area contributed by atoms with Crippen molar-refractivity contribution < 1.29 is 19.2 Å². The van der Waals surface area contributed by atoms with Crippen molar-refractivity contribution in [2.45, 2.75) is 31.3 Å². The lowest BCUT2D eigenvalue weighted by Crippen LogP contribution is -2.31. The maximum Gasteiger partial charge on any atom is 0.388 e. The van der Waals surface area contributed by atoms with Gasteiger partial charge in [-0.2, -0.15) is 4.98 Å². The highest BCUT2D eigenvalue weighted by atomic mass is 31.1. The Morgan fingerprint density at radius 1 is 1.54 bits per heavy atom. The zero-order chi connectivity index (χ0) is 20.8. The van der Waals surface area contributed by atoms with E-state index in [1.54, 1.807) is 12.3 Å². The molecule has 0 bridgehead atoms. The van der Waals surface area contributed by atoms with Crippen molar-refractivity contribution in [2.75, 3.05) is 24.6 Å². The Hall–Kier alpha value is -2.62. The molecule has 3 rings (SSSR count). The van der Waals surface area contributed by atoms with Gasteiger partial charge < -0.3 is 25.5 Å². The lowest BCUT2D eigenvalue weighted by atomic mass is 10.2. The van der Waals surface area contributed by atoms with Gasteiger partial charge in [-0.25, -0.2) is 9.78 Å². The first-order valence-electron chi connectivity index (χ1n) is 9.21. The Balaban J connectivity index is 1.46. The predicted octanol–water partition coefficient (Wildman–Crippen LogP) is -0.590. The van der Waals surface area contributed by atoms with Gasteiger partial charge in [0.2, 0.25) is 5.91 Å². The number of nitrogens with one attached hydrogen (secondary N) is 3. The third-order valence-corrected chi connectivity index (χ3v) is 4.77. The van der Waals surface area contributed by atoms with E-state index in [9.17, 15) is 19.3 Å². The quantitative estimate of drug-likeness (QED) is 0.316. The van der Waals surface area contributed by atoms with E-state index in [1.807, 2.05) is 0 Å². The number of ether oxygens (including phenoxy) is 1. The van der Waals surface area contributed by atoms with Crippen LogP contribution in [0.1, 0.15) is 18.3 Å². The molecule has 150 valence electrons. The van der Waals surface area contributed by atoms with Crippen molar-refractivity contribution in [1.82, 2.24) is 24.8 Å². The molecule has 4 atom stereocenters. The number of carbonyl (C=O) groups excluding carboxylic acids is 1. The number of aliphatic hydroxyl groups excluding tert-OH is 1. The highest BCUT2D eigenvalue weighted by molar-refractivity contribution is 7.23. The molecule has 4 N–H and O–H groups in total. The van der Waals surface area contributed by atoms with Gasteiger partial charge in [-0.1, -0.05) is 4.57 Å². The van der Waals surface area contributed by atoms with E-state index in [-0.39, 0.29) is 24.9 Å². The van der Waals surface area contributed by atoms with E-state index >= 15 is 0 Å². The smallest absolute Gasteiger partial charge is 0.388 e. The van der Waals surface area contributed by atoms with Crippen LogP contribution in [0.25, 0.3) is 0 Å². The minimum absolute atomic E-state index is 0.0824. The summed E-state index contributed by atoms with van der Waals surface area (Å²) in [6.07, 6.45) is 2.51. The molecule has 28 heavy (non-hydrogen) atoms. The van der Waals surface area contributed by atoms with Crippen molar-refractivity contribution in [3.8, 4) is 0 Å². The van der Waals surface area contributed by atoms with Gasteiger partial charge in [0, 0.05) is 37.6 Å². The fraction of sp³-hybridized carbons (Fsp3) is 0.500. The minimum atomic E-state index is -2.20. The van der Waals surface area contributed by atoms with Crippen molar-refractivity contribution >= 4 is 20.1 Å². The Morgan fingerprint density at radius 2 is 2.39 bits per heavy atom. The zero-order valence-corrected chi connectivity index (χ0v) is 15.8. The second-order valence-electron chi connectivity index (χ2n) is 6.28. The number of aliphatic hydroxyl groups is 1. The number of hydrogen-bond donors (Lipinski definition) is 4. The van der Waals surface area contributed by atoms with Crippen LogP contribution in [0, 0.1) is 0 Å². The highest BCUT2D eigenvalue weighted by Gasteiger charge is 2.37. The van der Waals surface area contributed by atoms with Gasteiger partial charge in [0.15, 0.2) is 6.16 Å². The second-order valence-corrected chi connectivity index (χ2v) is 6.90. The summed E-state index contributed by atoms with van der Waals surface area (Å²) >= 11 is 0. The topological polar surface area (TPSA) is 151 Å². The normalized spacial score (nSPS) is 22.5. The molecule has 1 aliphatic rings. The molecule has 2 aromatic rings. The number of amides is 1. The minimum Gasteiger partial charge on any atom is -0.390 e. The Labute approximate surface area is 163 Å². The van der Waals surface area contributed by atoms with E-state index in [1.165, 1.54) is 17.1 Å². The third-order valence-electron chi connectivity index (χ3n) is 4.26. The number of imidazole rings is 1. The molecule has 1 fully saturated rings. The van der Waals surface area contributed by atoms with Gasteiger partial charge >= 0.3 is 15.4 Å². The largest absolute Gasteiger partial charge is 0.390 e. The SMILES string of the molecule is [3H][P+](=O)CC1OC(n2ccc(NCCNC(=O)Cc3cnc[nH]3)nc2=O)CC1O. The number of anilines is 1. The summed E-state index contributed by atoms with van der Waals surface area (Å²) in [5.74, 6) is 0.193. The van der Waals surface area contributed by atoms with Crippen LogP contribution in [0.2, 0.25) is 0 Å². The van der Waals surface area contributed by atoms with E-state index in [4.69, 9.17) is 6.02 Å². The summed E-state index contributed by atoms with van der Waals surface area (Å²) in [4.78, 5) is 34.6. The molecule has 1 amide bonds. The van der Waals surface area contributed by atoms with Crippen LogP contribution in [0.5, 0.6) is 0 Å². The lowest BCUT2D eigenvalue weighted by Gasteiger charge is -2.14. The van der Waals surface area contributed by atoms with Crippen molar-refractivity contribution in [3.05, 3.63) is 41.0 Å². The van der Waals surface area contributed by atoms with Crippen LogP contribution in [-0.2, 0) is 20.5 Å². The number of rotatable bonds is 9. The molecule has 2 aromatic heterocycles. The van der Waals surface area contributed by atoms with Crippen molar-refractivity contribution in [1.29, 1.82) is 1.28 Å². The molecule has 0 aliphatic carbocycles. The summed E-state index contributed by atoms with van der Waals surface area (Å²) in [7, 11) is -2.20. The molecular formula is C16H22N6O5P+. The Bertz CT molecular complexity index is 907. The zero-order valence-electron chi connectivity index (χ0n) is 15.9. The molecule has 4 unspecified atom stereocenters. The van der Waals surface area contributed by atoms with Crippen molar-refractivity contribution in [2.24, 2.45) is 0 Å². The Kier molecular flexibility index (Phi) is 6.38. The van der Waals surface area contributed by atoms with Crippen molar-refractivity contribution in [3.63, 3.8) is 0 Å². The molecular weight excluding hydrogens is 387 g/mol. The summed E-state index contributed by atoms with van der Waals surface area (Å²) in [6, 6.07) is 1.59. The number of carbonyl (C=O) groups is 1. The van der Waals surface area contributed by atoms with E-state index in [0.29, 0.717) is 18.9 Å². The Morgan fingerprint density at radius 3 is 3.11 bits per heavy atom. The number of aromatic amines is 1. The first kappa shape index (κ1) is 18.7. The van der Waals surface area contributed by atoms with Gasteiger partial charge in [-0.05, 0) is 6.07 Å². The van der Waals surface area contributed by atoms with E-state index in [0.717, 1.165) is 5.69 Å². The molecule has 0 saturated carbocycles.